The van der Waals surface area contributed by atoms with Gasteiger partial charge in [-0.05, 0) is 31.8 Å². The third-order valence-electron chi connectivity index (χ3n) is 1.73. The zero-order valence-electron chi connectivity index (χ0n) is 9.19. The molecular weight excluding hydrogens is 212 g/mol. The minimum Gasteiger partial charge on any atom is -0.305 e. The molecule has 84 valence electrons. The molecule has 0 heterocycles. The van der Waals surface area contributed by atoms with Gasteiger partial charge in [0.15, 0.2) is 0 Å². The monoisotopic (exact) mass is 228 g/mol. The first-order valence-electron chi connectivity index (χ1n) is 4.58. The van der Waals surface area contributed by atoms with Crippen molar-refractivity contribution in [3.8, 4) is 0 Å². The van der Waals surface area contributed by atoms with Gasteiger partial charge in [0.05, 0.1) is 6.26 Å². The molecule has 0 aliphatic carbocycles. The average molecular weight is 228 g/mol. The van der Waals surface area contributed by atoms with Crippen LogP contribution in [0.3, 0.4) is 0 Å². The molecule has 1 aromatic rings. The van der Waals surface area contributed by atoms with Crippen LogP contribution in [0.5, 0.6) is 0 Å². The lowest BCUT2D eigenvalue weighted by Crippen LogP contribution is -2.12. The predicted octanol–water partition coefficient (Wildman–Crippen LogP) is 1.12. The Morgan fingerprint density at radius 2 is 2.00 bits per heavy atom. The molecular formula is C10H16N2O2S. The number of anilines is 1. The van der Waals surface area contributed by atoms with Crippen molar-refractivity contribution in [2.75, 3.05) is 25.1 Å². The Hall–Kier alpha value is -1.07. The van der Waals surface area contributed by atoms with Gasteiger partial charge in [0.25, 0.3) is 0 Å². The number of sulfonamides is 1. The van der Waals surface area contributed by atoms with Crippen LogP contribution in [0, 0.1) is 0 Å². The van der Waals surface area contributed by atoms with E-state index in [4.69, 9.17) is 0 Å². The van der Waals surface area contributed by atoms with Crippen LogP contribution in [-0.2, 0) is 16.6 Å². The maximum absolute atomic E-state index is 11.0. The fourth-order valence-corrected chi connectivity index (χ4v) is 1.87. The number of benzene rings is 1. The Labute approximate surface area is 91.0 Å². The van der Waals surface area contributed by atoms with Gasteiger partial charge in [0.1, 0.15) is 0 Å². The minimum atomic E-state index is -3.19. The Balaban J connectivity index is 2.83. The van der Waals surface area contributed by atoms with Crippen LogP contribution in [0.15, 0.2) is 24.3 Å². The maximum atomic E-state index is 11.0. The zero-order valence-corrected chi connectivity index (χ0v) is 10.0. The van der Waals surface area contributed by atoms with E-state index in [2.05, 4.69) is 4.72 Å². The summed E-state index contributed by atoms with van der Waals surface area (Å²) in [5, 5.41) is 0. The van der Waals surface area contributed by atoms with Crippen LogP contribution >= 0.6 is 0 Å². The molecule has 5 heteroatoms. The summed E-state index contributed by atoms with van der Waals surface area (Å²) in [6, 6.07) is 7.38. The molecule has 0 aliphatic heterocycles. The molecule has 0 bridgehead atoms. The molecule has 0 fully saturated rings. The summed E-state index contributed by atoms with van der Waals surface area (Å²) in [4.78, 5) is 2.03. The van der Waals surface area contributed by atoms with Crippen molar-refractivity contribution >= 4 is 15.7 Å². The van der Waals surface area contributed by atoms with E-state index >= 15 is 0 Å². The summed E-state index contributed by atoms with van der Waals surface area (Å²) in [5.74, 6) is 0. The highest BCUT2D eigenvalue weighted by molar-refractivity contribution is 7.92. The summed E-state index contributed by atoms with van der Waals surface area (Å²) < 4.78 is 24.5. The molecule has 0 saturated heterocycles. The fraction of sp³-hybridized carbons (Fsp3) is 0.400. The van der Waals surface area contributed by atoms with Crippen molar-refractivity contribution in [3.05, 3.63) is 29.8 Å². The van der Waals surface area contributed by atoms with Crippen LogP contribution in [-0.4, -0.2) is 33.7 Å². The summed E-state index contributed by atoms with van der Waals surface area (Å²) >= 11 is 0. The van der Waals surface area contributed by atoms with Gasteiger partial charge in [0.2, 0.25) is 10.0 Å². The normalized spacial score (nSPS) is 11.7. The van der Waals surface area contributed by atoms with E-state index in [0.29, 0.717) is 5.69 Å². The summed E-state index contributed by atoms with van der Waals surface area (Å²) in [5.41, 5.74) is 1.69. The second kappa shape index (κ2) is 4.63. The van der Waals surface area contributed by atoms with Gasteiger partial charge >= 0.3 is 0 Å². The van der Waals surface area contributed by atoms with E-state index in [-0.39, 0.29) is 0 Å². The lowest BCUT2D eigenvalue weighted by atomic mass is 10.2. The molecule has 0 atom stereocenters. The second-order valence-corrected chi connectivity index (χ2v) is 5.56. The first-order valence-corrected chi connectivity index (χ1v) is 6.47. The minimum absolute atomic E-state index is 0.608. The zero-order chi connectivity index (χ0) is 11.5. The molecule has 0 aromatic heterocycles. The highest BCUT2D eigenvalue weighted by Gasteiger charge is 2.02. The van der Waals surface area contributed by atoms with Crippen LogP contribution in [0.25, 0.3) is 0 Å². The third kappa shape index (κ3) is 4.80. The van der Waals surface area contributed by atoms with Gasteiger partial charge in [-0.3, -0.25) is 4.72 Å². The second-order valence-electron chi connectivity index (χ2n) is 3.81. The van der Waals surface area contributed by atoms with Crippen molar-refractivity contribution in [1.29, 1.82) is 0 Å². The molecule has 0 amide bonds. The van der Waals surface area contributed by atoms with Crippen LogP contribution in [0.2, 0.25) is 0 Å². The van der Waals surface area contributed by atoms with E-state index in [9.17, 15) is 8.42 Å². The molecule has 15 heavy (non-hydrogen) atoms. The molecule has 0 spiro atoms. The predicted molar refractivity (Wildman–Crippen MR) is 62.3 cm³/mol. The van der Waals surface area contributed by atoms with Gasteiger partial charge in [-0.2, -0.15) is 0 Å². The molecule has 1 aromatic carbocycles. The van der Waals surface area contributed by atoms with Gasteiger partial charge in [0, 0.05) is 12.2 Å². The van der Waals surface area contributed by atoms with Crippen LogP contribution in [0.4, 0.5) is 5.69 Å². The molecule has 0 radical (unpaired) electrons. The number of hydrogen-bond donors (Lipinski definition) is 1. The number of hydrogen-bond acceptors (Lipinski definition) is 3. The Morgan fingerprint density at radius 1 is 1.33 bits per heavy atom. The molecule has 1 rings (SSSR count). The van der Waals surface area contributed by atoms with Gasteiger partial charge < -0.3 is 4.90 Å². The Morgan fingerprint density at radius 3 is 2.53 bits per heavy atom. The van der Waals surface area contributed by atoms with E-state index in [1.807, 2.05) is 37.2 Å². The van der Waals surface area contributed by atoms with Gasteiger partial charge in [-0.25, -0.2) is 8.42 Å². The average Bonchev–Trinajstić information content (AvgIpc) is 1.99. The quantitative estimate of drug-likeness (QED) is 0.840. The summed E-state index contributed by atoms with van der Waals surface area (Å²) in [6.07, 6.45) is 1.14. The molecule has 1 N–H and O–H groups in total. The Kier molecular flexibility index (Phi) is 3.71. The number of rotatable bonds is 4. The van der Waals surface area contributed by atoms with Crippen molar-refractivity contribution in [3.63, 3.8) is 0 Å². The lowest BCUT2D eigenvalue weighted by Gasteiger charge is -2.11. The summed E-state index contributed by atoms with van der Waals surface area (Å²) in [6.45, 7) is 0.791. The van der Waals surface area contributed by atoms with Gasteiger partial charge in [-0.15, -0.1) is 0 Å². The fourth-order valence-electron chi connectivity index (χ4n) is 1.31. The third-order valence-corrected chi connectivity index (χ3v) is 2.34. The van der Waals surface area contributed by atoms with Crippen molar-refractivity contribution < 1.29 is 8.42 Å². The first-order chi connectivity index (χ1) is 6.87. The molecule has 0 unspecified atom stereocenters. The number of nitrogens with one attached hydrogen (secondary N) is 1. The van der Waals surface area contributed by atoms with Crippen LogP contribution < -0.4 is 4.72 Å². The topological polar surface area (TPSA) is 49.4 Å². The maximum Gasteiger partial charge on any atom is 0.229 e. The van der Waals surface area contributed by atoms with E-state index in [0.717, 1.165) is 18.4 Å². The standard InChI is InChI=1S/C10H16N2O2S/c1-12(2)8-9-5-4-6-10(7-9)11-15(3,13)14/h4-7,11H,8H2,1-3H3. The summed E-state index contributed by atoms with van der Waals surface area (Å²) in [7, 11) is 0.752. The van der Waals surface area contributed by atoms with E-state index in [1.165, 1.54) is 0 Å². The Bertz CT molecular complexity index is 427. The first kappa shape index (κ1) is 12.0. The number of nitrogens with zero attached hydrogens (tertiary/aromatic N) is 1. The van der Waals surface area contributed by atoms with Gasteiger partial charge in [-0.1, -0.05) is 12.1 Å². The lowest BCUT2D eigenvalue weighted by molar-refractivity contribution is 0.402. The van der Waals surface area contributed by atoms with E-state index in [1.54, 1.807) is 6.07 Å². The SMILES string of the molecule is CN(C)Cc1cccc(NS(C)(=O)=O)c1. The molecule has 4 nitrogen and oxygen atoms in total. The smallest absolute Gasteiger partial charge is 0.229 e. The van der Waals surface area contributed by atoms with Crippen molar-refractivity contribution in [2.24, 2.45) is 0 Å². The largest absolute Gasteiger partial charge is 0.305 e. The van der Waals surface area contributed by atoms with Crippen LogP contribution in [0.1, 0.15) is 5.56 Å². The molecule has 0 saturated carbocycles. The van der Waals surface area contributed by atoms with Crippen molar-refractivity contribution in [1.82, 2.24) is 4.90 Å². The molecule has 0 aliphatic rings. The highest BCUT2D eigenvalue weighted by Crippen LogP contribution is 2.12. The van der Waals surface area contributed by atoms with E-state index < -0.39 is 10.0 Å². The highest BCUT2D eigenvalue weighted by atomic mass is 32.2. The van der Waals surface area contributed by atoms with Crippen molar-refractivity contribution in [2.45, 2.75) is 6.54 Å².